The van der Waals surface area contributed by atoms with Crippen LogP contribution in [0.3, 0.4) is 0 Å². The molecule has 0 spiro atoms. The van der Waals surface area contributed by atoms with Crippen LogP contribution in [0, 0.1) is 0 Å². The van der Waals surface area contributed by atoms with E-state index in [0.29, 0.717) is 0 Å². The molecule has 216 valence electrons. The van der Waals surface area contributed by atoms with Gasteiger partial charge in [0.1, 0.15) is 16.7 Å². The van der Waals surface area contributed by atoms with Crippen molar-refractivity contribution in [3.05, 3.63) is 158 Å². The highest BCUT2D eigenvalue weighted by atomic mass is 16.3. The third kappa shape index (κ3) is 3.55. The van der Waals surface area contributed by atoms with Gasteiger partial charge in [-0.05, 0) is 60.7 Å². The number of furan rings is 2. The van der Waals surface area contributed by atoms with Crippen LogP contribution >= 0.6 is 0 Å². The van der Waals surface area contributed by atoms with Gasteiger partial charge in [0.25, 0.3) is 0 Å². The van der Waals surface area contributed by atoms with E-state index in [1.807, 2.05) is 18.2 Å². The summed E-state index contributed by atoms with van der Waals surface area (Å²) in [5, 5.41) is 6.67. The van der Waals surface area contributed by atoms with Crippen LogP contribution in [-0.4, -0.2) is 4.57 Å². The smallest absolute Gasteiger partial charge is 0.160 e. The van der Waals surface area contributed by atoms with Crippen molar-refractivity contribution in [1.29, 1.82) is 0 Å². The molecule has 0 saturated carbocycles. The minimum absolute atomic E-state index is 0.859. The zero-order valence-corrected chi connectivity index (χ0v) is 24.7. The highest BCUT2D eigenvalue weighted by Crippen LogP contribution is 2.49. The maximum absolute atomic E-state index is 6.74. The molecule has 0 radical (unpaired) electrons. The van der Waals surface area contributed by atoms with Crippen LogP contribution in [0.1, 0.15) is 0 Å². The van der Waals surface area contributed by atoms with Gasteiger partial charge in [-0.1, -0.05) is 91.0 Å². The SMILES string of the molecule is c1ccc(N(c2ccc3c(c2)oc2ccccc23)c2cc3c4ccccc4oc3c3c2c2ccccc2n3-c2ccccc2)cc1. The Labute approximate surface area is 263 Å². The van der Waals surface area contributed by atoms with Gasteiger partial charge in [-0.15, -0.1) is 0 Å². The number of hydrogen-bond donors (Lipinski definition) is 0. The molecular formula is C42H26N2O2. The summed E-state index contributed by atoms with van der Waals surface area (Å²) in [6.07, 6.45) is 0. The Morgan fingerprint density at radius 2 is 1.04 bits per heavy atom. The monoisotopic (exact) mass is 590 g/mol. The molecule has 10 aromatic rings. The lowest BCUT2D eigenvalue weighted by Gasteiger charge is -2.26. The Kier molecular flexibility index (Phi) is 5.25. The van der Waals surface area contributed by atoms with Gasteiger partial charge >= 0.3 is 0 Å². The van der Waals surface area contributed by atoms with Crippen molar-refractivity contribution in [2.75, 3.05) is 4.90 Å². The number of nitrogens with zero attached hydrogens (tertiary/aromatic N) is 2. The first kappa shape index (κ1) is 25.1. The first-order chi connectivity index (χ1) is 22.8. The molecule has 0 aliphatic heterocycles. The largest absolute Gasteiger partial charge is 0.456 e. The third-order valence-corrected chi connectivity index (χ3v) is 9.15. The number of aromatic nitrogens is 1. The summed E-state index contributed by atoms with van der Waals surface area (Å²) in [6, 6.07) is 55.2. The number of hydrogen-bond acceptors (Lipinski definition) is 3. The van der Waals surface area contributed by atoms with Crippen molar-refractivity contribution in [2.45, 2.75) is 0 Å². The molecule has 4 nitrogen and oxygen atoms in total. The fourth-order valence-electron chi connectivity index (χ4n) is 7.19. The quantitative estimate of drug-likeness (QED) is 0.204. The van der Waals surface area contributed by atoms with Crippen LogP contribution in [-0.2, 0) is 0 Å². The molecule has 0 saturated heterocycles. The molecule has 3 heterocycles. The van der Waals surface area contributed by atoms with E-state index in [-0.39, 0.29) is 0 Å². The van der Waals surface area contributed by atoms with Crippen molar-refractivity contribution in [3.63, 3.8) is 0 Å². The number of anilines is 3. The molecule has 0 atom stereocenters. The Balaban J connectivity index is 1.39. The Morgan fingerprint density at radius 1 is 0.435 bits per heavy atom. The van der Waals surface area contributed by atoms with Crippen LogP contribution in [0.4, 0.5) is 17.1 Å². The van der Waals surface area contributed by atoms with Gasteiger partial charge in [0.15, 0.2) is 5.58 Å². The number of para-hydroxylation sites is 5. The van der Waals surface area contributed by atoms with E-state index in [1.165, 1.54) is 0 Å². The highest BCUT2D eigenvalue weighted by Gasteiger charge is 2.26. The Morgan fingerprint density at radius 3 is 1.83 bits per heavy atom. The molecular weight excluding hydrogens is 564 g/mol. The van der Waals surface area contributed by atoms with Crippen LogP contribution in [0.2, 0.25) is 0 Å². The maximum Gasteiger partial charge on any atom is 0.160 e. The lowest BCUT2D eigenvalue weighted by molar-refractivity contribution is 0.669. The van der Waals surface area contributed by atoms with Gasteiger partial charge < -0.3 is 18.3 Å². The lowest BCUT2D eigenvalue weighted by Crippen LogP contribution is -2.10. The summed E-state index contributed by atoms with van der Waals surface area (Å²) in [7, 11) is 0. The molecule has 7 aromatic carbocycles. The highest BCUT2D eigenvalue weighted by molar-refractivity contribution is 6.27. The number of benzene rings is 7. The third-order valence-electron chi connectivity index (χ3n) is 9.15. The Bertz CT molecular complexity index is 2750. The van der Waals surface area contributed by atoms with Crippen molar-refractivity contribution in [2.24, 2.45) is 0 Å². The molecule has 0 fully saturated rings. The van der Waals surface area contributed by atoms with Gasteiger partial charge in [-0.2, -0.15) is 0 Å². The molecule has 0 aliphatic rings. The van der Waals surface area contributed by atoms with Crippen molar-refractivity contribution < 1.29 is 8.83 Å². The van der Waals surface area contributed by atoms with Gasteiger partial charge in [-0.25, -0.2) is 0 Å². The molecule has 0 bridgehead atoms. The maximum atomic E-state index is 6.74. The molecule has 0 amide bonds. The van der Waals surface area contributed by atoms with Crippen LogP contribution in [0.15, 0.2) is 167 Å². The van der Waals surface area contributed by atoms with Crippen LogP contribution in [0.25, 0.3) is 71.4 Å². The van der Waals surface area contributed by atoms with E-state index >= 15 is 0 Å². The van der Waals surface area contributed by atoms with Crippen LogP contribution < -0.4 is 4.90 Å². The summed E-state index contributed by atoms with van der Waals surface area (Å²) in [4.78, 5) is 2.36. The van der Waals surface area contributed by atoms with E-state index in [9.17, 15) is 0 Å². The lowest BCUT2D eigenvalue weighted by atomic mass is 10.0. The zero-order valence-electron chi connectivity index (χ0n) is 24.7. The van der Waals surface area contributed by atoms with Crippen molar-refractivity contribution in [3.8, 4) is 5.69 Å². The second-order valence-corrected chi connectivity index (χ2v) is 11.7. The summed E-state index contributed by atoms with van der Waals surface area (Å²) >= 11 is 0. The first-order valence-corrected chi connectivity index (χ1v) is 15.5. The Hall–Kier alpha value is -6.26. The van der Waals surface area contributed by atoms with E-state index in [4.69, 9.17) is 8.83 Å². The van der Waals surface area contributed by atoms with Crippen LogP contribution in [0.5, 0.6) is 0 Å². The summed E-state index contributed by atoms with van der Waals surface area (Å²) in [5.74, 6) is 0. The fraction of sp³-hybridized carbons (Fsp3) is 0. The van der Waals surface area contributed by atoms with Gasteiger partial charge in [0.05, 0.1) is 16.7 Å². The molecule has 0 N–H and O–H groups in total. The second-order valence-electron chi connectivity index (χ2n) is 11.7. The predicted octanol–water partition coefficient (Wildman–Crippen LogP) is 12.1. The van der Waals surface area contributed by atoms with E-state index < -0.39 is 0 Å². The predicted molar refractivity (Wildman–Crippen MR) is 190 cm³/mol. The zero-order chi connectivity index (χ0) is 30.2. The fourth-order valence-corrected chi connectivity index (χ4v) is 7.19. The van der Waals surface area contributed by atoms with Gasteiger partial charge in [0, 0.05) is 55.4 Å². The van der Waals surface area contributed by atoms with E-state index in [0.717, 1.165) is 88.4 Å². The number of fused-ring (bicyclic) bond motifs is 10. The minimum Gasteiger partial charge on any atom is -0.456 e. The van der Waals surface area contributed by atoms with Gasteiger partial charge in [-0.3, -0.25) is 0 Å². The van der Waals surface area contributed by atoms with E-state index in [1.54, 1.807) is 0 Å². The molecule has 3 aromatic heterocycles. The standard InChI is InChI=1S/C42H26N2O2/c1-3-13-27(14-4-1)43(29-23-24-32-30-17-8-11-21-37(30)45-39(32)25-29)36-26-34-31-18-9-12-22-38(31)46-42(34)41-40(36)33-19-7-10-20-35(33)44(41)28-15-5-2-6-16-28/h1-26H. The summed E-state index contributed by atoms with van der Waals surface area (Å²) < 4.78 is 15.5. The molecule has 4 heteroatoms. The molecule has 0 aliphatic carbocycles. The van der Waals surface area contributed by atoms with Gasteiger partial charge in [0.2, 0.25) is 0 Å². The van der Waals surface area contributed by atoms with Crippen molar-refractivity contribution in [1.82, 2.24) is 4.57 Å². The second kappa shape index (κ2) is 9.62. The van der Waals surface area contributed by atoms with E-state index in [2.05, 4.69) is 149 Å². The average molecular weight is 591 g/mol. The minimum atomic E-state index is 0.859. The molecule has 0 unspecified atom stereocenters. The molecule has 10 rings (SSSR count). The average Bonchev–Trinajstić information content (AvgIpc) is 3.79. The van der Waals surface area contributed by atoms with Crippen molar-refractivity contribution >= 4 is 82.7 Å². The number of rotatable bonds is 4. The summed E-state index contributed by atoms with van der Waals surface area (Å²) in [5.41, 5.74) is 9.89. The summed E-state index contributed by atoms with van der Waals surface area (Å²) in [6.45, 7) is 0. The molecule has 46 heavy (non-hydrogen) atoms. The normalized spacial score (nSPS) is 11.9. The first-order valence-electron chi connectivity index (χ1n) is 15.5. The topological polar surface area (TPSA) is 34.5 Å².